The molecule has 1 unspecified atom stereocenters. The van der Waals surface area contributed by atoms with E-state index in [2.05, 4.69) is 10.3 Å². The molecule has 3 rings (SSSR count). The minimum Gasteiger partial charge on any atom is -0.337 e. The molecule has 0 saturated carbocycles. The van der Waals surface area contributed by atoms with Gasteiger partial charge in [0.25, 0.3) is 5.56 Å². The van der Waals surface area contributed by atoms with Crippen molar-refractivity contribution in [2.24, 2.45) is 0 Å². The van der Waals surface area contributed by atoms with Gasteiger partial charge in [0, 0.05) is 12.1 Å². The topological polar surface area (TPSA) is 68.1 Å². The van der Waals surface area contributed by atoms with E-state index in [-0.39, 0.29) is 24.1 Å². The summed E-state index contributed by atoms with van der Waals surface area (Å²) in [5.41, 5.74) is 1.14. The molecule has 0 aliphatic rings. The third kappa shape index (κ3) is 3.53. The molecular formula is C18H17ClN4O2. The number of rotatable bonds is 4. The Kier molecular flexibility index (Phi) is 4.81. The van der Waals surface area contributed by atoms with Gasteiger partial charge in [0.2, 0.25) is 5.91 Å². The number of benzene rings is 2. The van der Waals surface area contributed by atoms with Gasteiger partial charge in [-0.25, -0.2) is 4.68 Å². The maximum atomic E-state index is 12.6. The normalized spacial score (nSPS) is 12.1. The van der Waals surface area contributed by atoms with Gasteiger partial charge in [-0.2, -0.15) is 0 Å². The highest BCUT2D eigenvalue weighted by atomic mass is 35.5. The van der Waals surface area contributed by atoms with Crippen molar-refractivity contribution in [2.45, 2.75) is 19.5 Å². The molecule has 7 heteroatoms. The molecule has 1 atom stereocenters. The Morgan fingerprint density at radius 1 is 1.20 bits per heavy atom. The predicted octanol–water partition coefficient (Wildman–Crippen LogP) is 2.66. The number of hydrogen-bond acceptors (Lipinski definition) is 4. The van der Waals surface area contributed by atoms with Crippen molar-refractivity contribution in [3.05, 3.63) is 69.5 Å². The fraction of sp³-hybridized carbons (Fsp3) is 0.222. The quantitative estimate of drug-likeness (QED) is 0.720. The molecule has 0 spiro atoms. The van der Waals surface area contributed by atoms with E-state index in [1.165, 1.54) is 0 Å². The molecule has 0 N–H and O–H groups in total. The number of likely N-dealkylation sites (N-methyl/N-ethyl adjacent to an activating group) is 1. The summed E-state index contributed by atoms with van der Waals surface area (Å²) in [4.78, 5) is 26.6. The molecule has 0 fully saturated rings. The van der Waals surface area contributed by atoms with E-state index in [0.29, 0.717) is 15.9 Å². The Hall–Kier alpha value is -2.73. The van der Waals surface area contributed by atoms with Crippen molar-refractivity contribution >= 4 is 28.4 Å². The summed E-state index contributed by atoms with van der Waals surface area (Å²) in [5, 5.41) is 8.94. The number of carbonyl (C=O) groups excluding carboxylic acids is 1. The maximum Gasteiger partial charge on any atom is 0.278 e. The van der Waals surface area contributed by atoms with Crippen LogP contribution in [0.2, 0.25) is 5.02 Å². The molecule has 2 aromatic carbocycles. The lowest BCUT2D eigenvalue weighted by Crippen LogP contribution is -2.36. The van der Waals surface area contributed by atoms with Crippen LogP contribution in [0, 0.1) is 0 Å². The van der Waals surface area contributed by atoms with Crippen molar-refractivity contribution in [3.8, 4) is 0 Å². The number of nitrogens with zero attached hydrogens (tertiary/aromatic N) is 4. The van der Waals surface area contributed by atoms with Gasteiger partial charge in [-0.15, -0.1) is 5.10 Å². The molecule has 0 aliphatic carbocycles. The lowest BCUT2D eigenvalue weighted by molar-refractivity contribution is -0.132. The van der Waals surface area contributed by atoms with E-state index >= 15 is 0 Å². The first-order valence-corrected chi connectivity index (χ1v) is 8.19. The Balaban J connectivity index is 1.80. The van der Waals surface area contributed by atoms with E-state index in [9.17, 15) is 9.59 Å². The van der Waals surface area contributed by atoms with Crippen LogP contribution < -0.4 is 5.56 Å². The molecule has 0 saturated heterocycles. The van der Waals surface area contributed by atoms with Crippen molar-refractivity contribution in [3.63, 3.8) is 0 Å². The Morgan fingerprint density at radius 3 is 2.60 bits per heavy atom. The molecule has 0 aliphatic heterocycles. The van der Waals surface area contributed by atoms with Gasteiger partial charge in [0.05, 0.1) is 11.4 Å². The number of carbonyl (C=O) groups is 1. The standard InChI is InChI=1S/C18H17ClN4O2/c1-12(13-7-9-14(19)10-8-13)22(2)17(24)11-23-18(25)15-5-3-4-6-16(15)20-21-23/h3-10,12H,11H2,1-2H3. The SMILES string of the molecule is CC(c1ccc(Cl)cc1)N(C)C(=O)Cn1nnc2ccccc2c1=O. The molecule has 25 heavy (non-hydrogen) atoms. The summed E-state index contributed by atoms with van der Waals surface area (Å²) in [6.45, 7) is 1.75. The molecule has 6 nitrogen and oxygen atoms in total. The van der Waals surface area contributed by atoms with Crippen molar-refractivity contribution in [2.75, 3.05) is 7.05 Å². The van der Waals surface area contributed by atoms with Crippen LogP contribution in [0.5, 0.6) is 0 Å². The van der Waals surface area contributed by atoms with Gasteiger partial charge in [-0.1, -0.05) is 41.1 Å². The smallest absolute Gasteiger partial charge is 0.278 e. The van der Waals surface area contributed by atoms with Crippen molar-refractivity contribution < 1.29 is 4.79 Å². The Morgan fingerprint density at radius 2 is 1.88 bits per heavy atom. The van der Waals surface area contributed by atoms with E-state index in [1.807, 2.05) is 19.1 Å². The first-order valence-electron chi connectivity index (χ1n) is 7.81. The Bertz CT molecular complexity index is 969. The number of hydrogen-bond donors (Lipinski definition) is 0. The predicted molar refractivity (Wildman–Crippen MR) is 96.4 cm³/mol. The second-order valence-corrected chi connectivity index (χ2v) is 6.24. The third-order valence-corrected chi connectivity index (χ3v) is 4.49. The number of aromatic nitrogens is 3. The highest BCUT2D eigenvalue weighted by Gasteiger charge is 2.19. The van der Waals surface area contributed by atoms with Crippen LogP contribution in [0.1, 0.15) is 18.5 Å². The second-order valence-electron chi connectivity index (χ2n) is 5.80. The minimum absolute atomic E-state index is 0.158. The van der Waals surface area contributed by atoms with Crippen LogP contribution in [0.4, 0.5) is 0 Å². The molecule has 0 bridgehead atoms. The molecule has 1 amide bonds. The number of amides is 1. The van der Waals surface area contributed by atoms with Gasteiger partial charge in [-0.3, -0.25) is 9.59 Å². The average molecular weight is 357 g/mol. The highest BCUT2D eigenvalue weighted by Crippen LogP contribution is 2.21. The fourth-order valence-electron chi connectivity index (χ4n) is 2.55. The Labute approximate surface area is 149 Å². The molecule has 128 valence electrons. The fourth-order valence-corrected chi connectivity index (χ4v) is 2.67. The van der Waals surface area contributed by atoms with Crippen LogP contribution in [-0.2, 0) is 11.3 Å². The zero-order chi connectivity index (χ0) is 18.0. The third-order valence-electron chi connectivity index (χ3n) is 4.24. The van der Waals surface area contributed by atoms with Crippen molar-refractivity contribution in [1.29, 1.82) is 0 Å². The van der Waals surface area contributed by atoms with Crippen LogP contribution in [0.25, 0.3) is 10.9 Å². The summed E-state index contributed by atoms with van der Waals surface area (Å²) >= 11 is 5.90. The highest BCUT2D eigenvalue weighted by molar-refractivity contribution is 6.30. The summed E-state index contributed by atoms with van der Waals surface area (Å²) in [6, 6.07) is 14.1. The first kappa shape index (κ1) is 17.1. The van der Waals surface area contributed by atoms with Gasteiger partial charge in [-0.05, 0) is 36.8 Å². The summed E-state index contributed by atoms with van der Waals surface area (Å²) in [6.07, 6.45) is 0. The monoisotopic (exact) mass is 356 g/mol. The summed E-state index contributed by atoms with van der Waals surface area (Å²) < 4.78 is 1.09. The van der Waals surface area contributed by atoms with E-state index in [0.717, 1.165) is 10.2 Å². The minimum atomic E-state index is -0.327. The van der Waals surface area contributed by atoms with Gasteiger partial charge < -0.3 is 4.90 Å². The van der Waals surface area contributed by atoms with E-state index < -0.39 is 0 Å². The molecule has 1 aromatic heterocycles. The molecule has 1 heterocycles. The van der Waals surface area contributed by atoms with Crippen LogP contribution in [0.3, 0.4) is 0 Å². The zero-order valence-corrected chi connectivity index (χ0v) is 14.6. The van der Waals surface area contributed by atoms with Crippen LogP contribution in [0.15, 0.2) is 53.3 Å². The zero-order valence-electron chi connectivity index (χ0n) is 13.9. The number of halogens is 1. The first-order chi connectivity index (χ1) is 12.0. The maximum absolute atomic E-state index is 12.6. The van der Waals surface area contributed by atoms with Crippen LogP contribution >= 0.6 is 11.6 Å². The second kappa shape index (κ2) is 7.03. The molecular weight excluding hydrogens is 340 g/mol. The van der Waals surface area contributed by atoms with Gasteiger partial charge >= 0.3 is 0 Å². The average Bonchev–Trinajstić information content (AvgIpc) is 2.63. The molecule has 3 aromatic rings. The van der Waals surface area contributed by atoms with E-state index in [1.54, 1.807) is 48.3 Å². The van der Waals surface area contributed by atoms with Crippen LogP contribution in [-0.4, -0.2) is 32.8 Å². The largest absolute Gasteiger partial charge is 0.337 e. The summed E-state index contributed by atoms with van der Waals surface area (Å²) in [7, 11) is 1.70. The number of fused-ring (bicyclic) bond motifs is 1. The van der Waals surface area contributed by atoms with Gasteiger partial charge in [0.1, 0.15) is 12.1 Å². The lowest BCUT2D eigenvalue weighted by Gasteiger charge is -2.25. The lowest BCUT2D eigenvalue weighted by atomic mass is 10.1. The molecule has 0 radical (unpaired) electrons. The van der Waals surface area contributed by atoms with Gasteiger partial charge in [0.15, 0.2) is 0 Å². The van der Waals surface area contributed by atoms with Crippen molar-refractivity contribution in [1.82, 2.24) is 19.9 Å². The summed E-state index contributed by atoms with van der Waals surface area (Å²) in [5.74, 6) is -0.228. The van der Waals surface area contributed by atoms with E-state index in [4.69, 9.17) is 11.6 Å².